The number of aromatic nitrogens is 3. The van der Waals surface area contributed by atoms with E-state index in [1.54, 1.807) is 19.2 Å². The average molecular weight is 370 g/mol. The Bertz CT molecular complexity index is 1030. The van der Waals surface area contributed by atoms with Crippen LogP contribution in [-0.4, -0.2) is 27.1 Å². The molecule has 0 atom stereocenters. The smallest absolute Gasteiger partial charge is 0.167 e. The number of phenolic OH excluding ortho intramolecular Hbond substituents is 1. The van der Waals surface area contributed by atoms with Crippen molar-refractivity contribution in [3.8, 4) is 45.7 Å². The molecule has 1 aromatic heterocycles. The van der Waals surface area contributed by atoms with Crippen molar-refractivity contribution in [2.75, 3.05) is 7.05 Å². The van der Waals surface area contributed by atoms with Gasteiger partial charge in [-0.1, -0.05) is 60.7 Å². The van der Waals surface area contributed by atoms with Gasteiger partial charge in [0.1, 0.15) is 5.75 Å². The van der Waals surface area contributed by atoms with Crippen LogP contribution in [-0.2, 0) is 0 Å². The lowest BCUT2D eigenvalue weighted by Gasteiger charge is -2.10. The topological polar surface area (TPSA) is 80.2 Å². The van der Waals surface area contributed by atoms with Gasteiger partial charge in [-0.2, -0.15) is 5.48 Å². The van der Waals surface area contributed by atoms with Crippen LogP contribution in [0.3, 0.4) is 0 Å². The predicted molar refractivity (Wildman–Crippen MR) is 107 cm³/mol. The maximum absolute atomic E-state index is 10.5. The second-order valence-electron chi connectivity index (χ2n) is 6.02. The second-order valence-corrected chi connectivity index (χ2v) is 6.02. The fraction of sp³-hybridized carbons (Fsp3) is 0.0455. The van der Waals surface area contributed by atoms with E-state index in [4.69, 9.17) is 4.84 Å². The van der Waals surface area contributed by atoms with Crippen molar-refractivity contribution in [3.63, 3.8) is 0 Å². The van der Waals surface area contributed by atoms with Gasteiger partial charge in [-0.15, -0.1) is 0 Å². The number of phenols is 1. The standard InChI is InChI=1S/C22H18N4O2/c1-23-28-17-12-13-18(19(27)14-17)22-25-20(15-8-4-2-5-9-15)24-21(26-22)16-10-6-3-7-11-16/h2-14,23,27H,1H3. The summed E-state index contributed by atoms with van der Waals surface area (Å²) in [4.78, 5) is 19.0. The summed E-state index contributed by atoms with van der Waals surface area (Å²) in [6.45, 7) is 0. The first-order valence-corrected chi connectivity index (χ1v) is 8.78. The van der Waals surface area contributed by atoms with Gasteiger partial charge >= 0.3 is 0 Å². The maximum Gasteiger partial charge on any atom is 0.167 e. The molecule has 4 aromatic rings. The van der Waals surface area contributed by atoms with E-state index in [0.29, 0.717) is 28.8 Å². The molecule has 138 valence electrons. The third-order valence-corrected chi connectivity index (χ3v) is 4.13. The first-order chi connectivity index (χ1) is 13.7. The van der Waals surface area contributed by atoms with Gasteiger partial charge in [0.15, 0.2) is 23.2 Å². The van der Waals surface area contributed by atoms with Gasteiger partial charge < -0.3 is 9.94 Å². The zero-order chi connectivity index (χ0) is 19.3. The summed E-state index contributed by atoms with van der Waals surface area (Å²) in [6, 6.07) is 24.4. The zero-order valence-electron chi connectivity index (χ0n) is 15.2. The van der Waals surface area contributed by atoms with Gasteiger partial charge in [-0.3, -0.25) is 0 Å². The van der Waals surface area contributed by atoms with E-state index >= 15 is 0 Å². The van der Waals surface area contributed by atoms with Gasteiger partial charge in [0.25, 0.3) is 0 Å². The van der Waals surface area contributed by atoms with E-state index < -0.39 is 0 Å². The van der Waals surface area contributed by atoms with Crippen molar-refractivity contribution >= 4 is 0 Å². The summed E-state index contributed by atoms with van der Waals surface area (Å²) in [6.07, 6.45) is 0. The lowest BCUT2D eigenvalue weighted by molar-refractivity contribution is 0.223. The molecule has 0 bridgehead atoms. The van der Waals surface area contributed by atoms with E-state index in [1.165, 1.54) is 6.07 Å². The minimum Gasteiger partial charge on any atom is -0.507 e. The van der Waals surface area contributed by atoms with Crippen molar-refractivity contribution in [1.29, 1.82) is 0 Å². The molecule has 0 saturated carbocycles. The van der Waals surface area contributed by atoms with Gasteiger partial charge in [-0.05, 0) is 12.1 Å². The van der Waals surface area contributed by atoms with E-state index in [-0.39, 0.29) is 5.75 Å². The van der Waals surface area contributed by atoms with Crippen LogP contribution in [0.1, 0.15) is 0 Å². The normalized spacial score (nSPS) is 10.6. The van der Waals surface area contributed by atoms with Crippen LogP contribution in [0.2, 0.25) is 0 Å². The van der Waals surface area contributed by atoms with Gasteiger partial charge in [-0.25, -0.2) is 15.0 Å². The average Bonchev–Trinajstić information content (AvgIpc) is 2.75. The van der Waals surface area contributed by atoms with Crippen LogP contribution in [0.5, 0.6) is 11.5 Å². The van der Waals surface area contributed by atoms with E-state index in [1.807, 2.05) is 60.7 Å². The van der Waals surface area contributed by atoms with Crippen molar-refractivity contribution < 1.29 is 9.94 Å². The number of hydrogen-bond acceptors (Lipinski definition) is 6. The van der Waals surface area contributed by atoms with Crippen molar-refractivity contribution in [2.24, 2.45) is 0 Å². The van der Waals surface area contributed by atoms with Crippen molar-refractivity contribution in [2.45, 2.75) is 0 Å². The van der Waals surface area contributed by atoms with Crippen LogP contribution < -0.4 is 10.3 Å². The number of benzene rings is 3. The highest BCUT2D eigenvalue weighted by Crippen LogP contribution is 2.32. The number of hydrogen-bond donors (Lipinski definition) is 2. The Morgan fingerprint density at radius 3 is 1.75 bits per heavy atom. The zero-order valence-corrected chi connectivity index (χ0v) is 15.2. The third kappa shape index (κ3) is 3.67. The Morgan fingerprint density at radius 2 is 1.25 bits per heavy atom. The largest absolute Gasteiger partial charge is 0.507 e. The molecule has 2 N–H and O–H groups in total. The van der Waals surface area contributed by atoms with Gasteiger partial charge in [0, 0.05) is 24.2 Å². The molecule has 0 saturated heterocycles. The Kier molecular flexibility index (Phi) is 4.95. The van der Waals surface area contributed by atoms with Crippen LogP contribution in [0.25, 0.3) is 34.2 Å². The van der Waals surface area contributed by atoms with Gasteiger partial charge in [0.05, 0.1) is 5.56 Å². The molecule has 0 spiro atoms. The summed E-state index contributed by atoms with van der Waals surface area (Å²) >= 11 is 0. The predicted octanol–water partition coefficient (Wildman–Crippen LogP) is 4.09. The Balaban J connectivity index is 1.87. The SMILES string of the molecule is CNOc1ccc(-c2nc(-c3ccccc3)nc(-c3ccccc3)n2)c(O)c1. The molecule has 6 heteroatoms. The van der Waals surface area contributed by atoms with Crippen LogP contribution in [0.15, 0.2) is 78.9 Å². The summed E-state index contributed by atoms with van der Waals surface area (Å²) in [7, 11) is 1.65. The molecular formula is C22H18N4O2. The first-order valence-electron chi connectivity index (χ1n) is 8.78. The lowest BCUT2D eigenvalue weighted by Crippen LogP contribution is -2.10. The fourth-order valence-corrected chi connectivity index (χ4v) is 2.81. The monoisotopic (exact) mass is 370 g/mol. The molecule has 3 aromatic carbocycles. The molecule has 0 aliphatic heterocycles. The molecule has 0 fully saturated rings. The molecular weight excluding hydrogens is 352 g/mol. The minimum atomic E-state index is 0.0250. The molecule has 28 heavy (non-hydrogen) atoms. The number of rotatable bonds is 5. The van der Waals surface area contributed by atoms with Gasteiger partial charge in [0.2, 0.25) is 0 Å². The van der Waals surface area contributed by atoms with Crippen LogP contribution in [0.4, 0.5) is 0 Å². The quantitative estimate of drug-likeness (QED) is 0.515. The molecule has 6 nitrogen and oxygen atoms in total. The fourth-order valence-electron chi connectivity index (χ4n) is 2.81. The summed E-state index contributed by atoms with van der Waals surface area (Å²) < 4.78 is 0. The van der Waals surface area contributed by atoms with Crippen LogP contribution in [0, 0.1) is 0 Å². The molecule has 1 heterocycles. The van der Waals surface area contributed by atoms with Crippen molar-refractivity contribution in [3.05, 3.63) is 78.9 Å². The number of nitrogens with zero attached hydrogens (tertiary/aromatic N) is 3. The maximum atomic E-state index is 10.5. The molecule has 4 rings (SSSR count). The first kappa shape index (κ1) is 17.6. The highest BCUT2D eigenvalue weighted by molar-refractivity contribution is 5.70. The summed E-state index contributed by atoms with van der Waals surface area (Å²) in [5.41, 5.74) is 4.83. The number of hydroxylamine groups is 1. The number of nitrogens with one attached hydrogen (secondary N) is 1. The summed E-state index contributed by atoms with van der Waals surface area (Å²) in [5, 5.41) is 10.5. The Labute approximate surface area is 162 Å². The van der Waals surface area contributed by atoms with Crippen molar-refractivity contribution in [1.82, 2.24) is 20.4 Å². The van der Waals surface area contributed by atoms with E-state index in [2.05, 4.69) is 20.4 Å². The lowest BCUT2D eigenvalue weighted by atomic mass is 10.1. The van der Waals surface area contributed by atoms with E-state index in [0.717, 1.165) is 11.1 Å². The molecule has 0 radical (unpaired) electrons. The molecule has 0 unspecified atom stereocenters. The third-order valence-electron chi connectivity index (χ3n) is 4.13. The molecule has 0 aliphatic rings. The highest BCUT2D eigenvalue weighted by Gasteiger charge is 2.15. The highest BCUT2D eigenvalue weighted by atomic mass is 16.6. The molecule has 0 amide bonds. The Hall–Kier alpha value is -3.77. The minimum absolute atomic E-state index is 0.0250. The summed E-state index contributed by atoms with van der Waals surface area (Å²) in [5.74, 6) is 1.99. The Morgan fingerprint density at radius 1 is 0.714 bits per heavy atom. The van der Waals surface area contributed by atoms with Crippen LogP contribution >= 0.6 is 0 Å². The molecule has 0 aliphatic carbocycles. The van der Waals surface area contributed by atoms with E-state index in [9.17, 15) is 5.11 Å². The number of aromatic hydroxyl groups is 1. The second kappa shape index (κ2) is 7.85.